The van der Waals surface area contributed by atoms with Crippen molar-refractivity contribution in [3.05, 3.63) is 10.1 Å². The number of rotatable bonds is 0. The Morgan fingerprint density at radius 1 is 1.75 bits per heavy atom. The van der Waals surface area contributed by atoms with Crippen LogP contribution < -0.4 is 5.34 Å². The third kappa shape index (κ3) is 12.2. The summed E-state index contributed by atoms with van der Waals surface area (Å²) >= 11 is 0. The van der Waals surface area contributed by atoms with Gasteiger partial charge in [0.2, 0.25) is 0 Å². The summed E-state index contributed by atoms with van der Waals surface area (Å²) in [6.45, 7) is 0. The van der Waals surface area contributed by atoms with Crippen LogP contribution in [0.1, 0.15) is 0 Å². The third-order valence-corrected chi connectivity index (χ3v) is 0. The summed E-state index contributed by atoms with van der Waals surface area (Å²) in [5.41, 5.74) is 0. The van der Waals surface area contributed by atoms with Crippen molar-refractivity contribution in [2.45, 2.75) is 0 Å². The van der Waals surface area contributed by atoms with Gasteiger partial charge in [-0.15, -0.1) is 0 Å². The van der Waals surface area contributed by atoms with Crippen LogP contribution in [0.3, 0.4) is 0 Å². The van der Waals surface area contributed by atoms with Crippen molar-refractivity contribution >= 4 is 48.9 Å². The summed E-state index contributed by atoms with van der Waals surface area (Å²) in [4.78, 5) is 8.12. The van der Waals surface area contributed by atoms with Crippen LogP contribution in [0.15, 0.2) is 0 Å². The quantitative estimate of drug-likeness (QED) is 0.257. The Labute approximate surface area is 63.4 Å². The average molecular weight is 186 g/mol. The van der Waals surface area contributed by atoms with Crippen molar-refractivity contribution in [1.82, 2.24) is 0 Å². The molecule has 4 heavy (non-hydrogen) atoms. The van der Waals surface area contributed by atoms with Gasteiger partial charge in [0.1, 0.15) is 0 Å². The van der Waals surface area contributed by atoms with Crippen molar-refractivity contribution in [1.29, 1.82) is 0 Å². The molecular weight excluding hydrogens is 183 g/mol. The molecule has 0 aromatic heterocycles. The summed E-state index contributed by atoms with van der Waals surface area (Å²) in [5.74, 6) is 0. The van der Waals surface area contributed by atoms with E-state index in [1.165, 1.54) is 0 Å². The second-order valence-electron chi connectivity index (χ2n) is 0.0833. The Kier molecular flexibility index (Phi) is 20.0. The van der Waals surface area contributed by atoms with E-state index in [1.807, 2.05) is 0 Å². The van der Waals surface area contributed by atoms with Gasteiger partial charge in [-0.1, -0.05) is 0 Å². The average Bonchev–Trinajstić information content (AvgIpc) is 0.918. The minimum absolute atomic E-state index is 0. The molecule has 0 rings (SSSR count). The van der Waals surface area contributed by atoms with Crippen LogP contribution in [0.25, 0.3) is 0 Å². The Balaban J connectivity index is 0. The molecule has 0 bridgehead atoms. The van der Waals surface area contributed by atoms with E-state index in [1.54, 1.807) is 0 Å². The van der Waals surface area contributed by atoms with Gasteiger partial charge in [-0.3, -0.25) is 10.1 Å². The van der Waals surface area contributed by atoms with Crippen molar-refractivity contribution in [3.8, 4) is 0 Å². The topological polar surface area (TPSA) is 54.1 Å². The van der Waals surface area contributed by atoms with Gasteiger partial charge in [0.15, 0.2) is 0 Å². The molecule has 0 saturated carbocycles. The Hall–Kier alpha value is 0.971. The van der Waals surface area contributed by atoms with Crippen molar-refractivity contribution in [2.75, 3.05) is 0 Å². The van der Waals surface area contributed by atoms with E-state index in [0.717, 1.165) is 0 Å². The summed E-state index contributed by atoms with van der Waals surface area (Å²) in [6.07, 6.45) is 0. The fraction of sp³-hybridized carbons (Fsp3) is 0. The Morgan fingerprint density at radius 2 is 1.75 bits per heavy atom. The molecule has 0 unspecified atom stereocenters. The van der Waals surface area contributed by atoms with Gasteiger partial charge in [-0.25, -0.2) is 0 Å². The zero-order valence-corrected chi connectivity index (χ0v) is 1.32. The number of hydrogen-bond donors (Lipinski definition) is 1. The molecule has 0 heterocycles. The SMILES string of the molecule is O=[NH+][O-].[BaH2]. The molecular formula is H3BaNO2. The Bertz CT molecular complexity index is 13.5. The first-order chi connectivity index (χ1) is 1.41. The van der Waals surface area contributed by atoms with E-state index in [-0.39, 0.29) is 54.2 Å². The first kappa shape index (κ1) is 8.88. The van der Waals surface area contributed by atoms with E-state index >= 15 is 0 Å². The predicted molar refractivity (Wildman–Crippen MR) is 16.2 cm³/mol. The molecule has 0 amide bonds. The molecule has 0 spiro atoms. The first-order valence-electron chi connectivity index (χ1n) is 0.408. The molecule has 1 N–H and O–H groups in total. The van der Waals surface area contributed by atoms with Crippen LogP contribution in [-0.2, 0) is 0 Å². The number of nitrogens with one attached hydrogen (secondary N) is 1. The molecule has 3 nitrogen and oxygen atoms in total. The first-order valence-corrected chi connectivity index (χ1v) is 0.408. The molecule has 0 saturated heterocycles. The van der Waals surface area contributed by atoms with E-state index in [9.17, 15) is 0 Å². The van der Waals surface area contributed by atoms with Crippen molar-refractivity contribution < 1.29 is 5.34 Å². The number of hydrogen-bond acceptors (Lipinski definition) is 2. The fourth-order valence-electron chi connectivity index (χ4n) is 0. The maximum atomic E-state index is 8.12. The Morgan fingerprint density at radius 3 is 1.75 bits per heavy atom. The molecule has 22 valence electrons. The molecule has 0 aromatic carbocycles. The second-order valence-corrected chi connectivity index (χ2v) is 0.0833. The normalized spacial score (nSPS) is 3.00. The van der Waals surface area contributed by atoms with Gasteiger partial charge in [0.05, 0.1) is 0 Å². The van der Waals surface area contributed by atoms with Crippen LogP contribution in [0.5, 0.6) is 0 Å². The van der Waals surface area contributed by atoms with Gasteiger partial charge in [-0.05, 0) is 0 Å². The summed E-state index contributed by atoms with van der Waals surface area (Å²) in [5, 5.41) is 8.38. The predicted octanol–water partition coefficient (Wildman–Crippen LogP) is -2.58. The molecule has 0 aromatic rings. The molecule has 4 heteroatoms. The molecule has 0 aliphatic heterocycles. The standard InChI is InChI=1S/Ba.HNO2.2H/c;2-1-3;;/h;1H;;. The molecule has 0 aliphatic rings. The van der Waals surface area contributed by atoms with E-state index < -0.39 is 0 Å². The van der Waals surface area contributed by atoms with Crippen molar-refractivity contribution in [3.63, 3.8) is 0 Å². The van der Waals surface area contributed by atoms with Crippen LogP contribution >= 0.6 is 0 Å². The van der Waals surface area contributed by atoms with Crippen LogP contribution in [0, 0.1) is 10.1 Å². The zero-order valence-electron chi connectivity index (χ0n) is 1.32. The van der Waals surface area contributed by atoms with E-state index in [4.69, 9.17) is 10.1 Å². The van der Waals surface area contributed by atoms with Crippen molar-refractivity contribution in [2.24, 2.45) is 0 Å². The molecule has 0 atom stereocenters. The minimum atomic E-state index is 0. The van der Waals surface area contributed by atoms with E-state index in [2.05, 4.69) is 0 Å². The summed E-state index contributed by atoms with van der Waals surface area (Å²) in [6, 6.07) is 0. The van der Waals surface area contributed by atoms with Crippen LogP contribution in [0.4, 0.5) is 0 Å². The van der Waals surface area contributed by atoms with Gasteiger partial charge >= 0.3 is 48.9 Å². The van der Waals surface area contributed by atoms with Gasteiger partial charge in [0, 0.05) is 5.34 Å². The second kappa shape index (κ2) is 9.02. The molecule has 0 fully saturated rings. The third-order valence-electron chi connectivity index (χ3n) is 0. The van der Waals surface area contributed by atoms with Gasteiger partial charge in [0.25, 0.3) is 0 Å². The molecule has 0 radical (unpaired) electrons. The van der Waals surface area contributed by atoms with Gasteiger partial charge in [-0.2, -0.15) is 0 Å². The summed E-state index contributed by atoms with van der Waals surface area (Å²) < 4.78 is 0. The van der Waals surface area contributed by atoms with E-state index in [0.29, 0.717) is 0 Å². The maximum absolute atomic E-state index is 8.12. The van der Waals surface area contributed by atoms with Crippen LogP contribution in [-0.4, -0.2) is 48.9 Å². The zero-order chi connectivity index (χ0) is 2.71. The monoisotopic (exact) mass is 187 g/mol. The fourth-order valence-corrected chi connectivity index (χ4v) is 0. The summed E-state index contributed by atoms with van der Waals surface area (Å²) in [7, 11) is 0. The van der Waals surface area contributed by atoms with Crippen LogP contribution in [0.2, 0.25) is 0 Å². The van der Waals surface area contributed by atoms with Gasteiger partial charge < -0.3 is 0 Å². The molecule has 0 aliphatic carbocycles.